The van der Waals surface area contributed by atoms with Gasteiger partial charge in [-0.2, -0.15) is 5.10 Å². The second-order valence-corrected chi connectivity index (χ2v) is 7.21. The highest BCUT2D eigenvalue weighted by Crippen LogP contribution is 2.66. The minimum Gasteiger partial charge on any atom is -0.266 e. The summed E-state index contributed by atoms with van der Waals surface area (Å²) < 4.78 is 17.0. The van der Waals surface area contributed by atoms with Gasteiger partial charge in [0.05, 0.1) is 0 Å². The molecule has 2 aliphatic rings. The van der Waals surface area contributed by atoms with E-state index in [-0.39, 0.29) is 0 Å². The lowest BCUT2D eigenvalue weighted by Crippen LogP contribution is -2.17. The molecule has 2 fully saturated rings. The lowest BCUT2D eigenvalue weighted by atomic mass is 9.97. The summed E-state index contributed by atoms with van der Waals surface area (Å²) in [5.41, 5.74) is 0.414. The van der Waals surface area contributed by atoms with Crippen LogP contribution in [0.5, 0.6) is 0 Å². The first kappa shape index (κ1) is 11.9. The van der Waals surface area contributed by atoms with Gasteiger partial charge in [0.1, 0.15) is 9.37 Å². The normalized spacial score (nSPS) is 39.8. The van der Waals surface area contributed by atoms with Crippen LogP contribution < -0.4 is 0 Å². The first-order valence-electron chi connectivity index (χ1n) is 6.33. The molecule has 4 heteroatoms. The first-order valence-corrected chi connectivity index (χ1v) is 7.41. The summed E-state index contributed by atoms with van der Waals surface area (Å²) in [7, 11) is 0. The van der Waals surface area contributed by atoms with Crippen LogP contribution in [-0.2, 0) is 0 Å². The van der Waals surface area contributed by atoms with Gasteiger partial charge in [-0.1, -0.05) is 0 Å². The van der Waals surface area contributed by atoms with E-state index in [1.54, 1.807) is 6.92 Å². The van der Waals surface area contributed by atoms with Crippen LogP contribution in [0.4, 0.5) is 4.39 Å². The highest BCUT2D eigenvalue weighted by molar-refractivity contribution is 14.1. The Labute approximate surface area is 115 Å². The highest BCUT2D eigenvalue weighted by Gasteiger charge is 2.61. The Morgan fingerprint density at radius 1 is 1.47 bits per heavy atom. The lowest BCUT2D eigenvalue weighted by Gasteiger charge is -2.18. The van der Waals surface area contributed by atoms with Gasteiger partial charge in [0, 0.05) is 17.7 Å². The Bertz CT molecular complexity index is 438. The van der Waals surface area contributed by atoms with Crippen LogP contribution in [0.2, 0.25) is 0 Å². The predicted octanol–water partition coefficient (Wildman–Crippen LogP) is 3.92. The molecule has 2 unspecified atom stereocenters. The van der Waals surface area contributed by atoms with Crippen LogP contribution in [0.15, 0.2) is 6.07 Å². The minimum atomic E-state index is -0.915. The third kappa shape index (κ3) is 1.92. The third-order valence-corrected chi connectivity index (χ3v) is 4.75. The zero-order valence-electron chi connectivity index (χ0n) is 10.5. The Balaban J connectivity index is 1.85. The molecule has 2 aliphatic carbocycles. The zero-order valence-corrected chi connectivity index (χ0v) is 12.6. The quantitative estimate of drug-likeness (QED) is 0.741. The number of rotatable bonds is 2. The molecule has 0 radical (unpaired) electrons. The second-order valence-electron chi connectivity index (χ2n) is 6.11. The molecule has 3 rings (SSSR count). The topological polar surface area (TPSA) is 17.8 Å². The molecule has 0 amide bonds. The summed E-state index contributed by atoms with van der Waals surface area (Å²) >= 11 is 2.27. The van der Waals surface area contributed by atoms with Crippen molar-refractivity contribution in [2.75, 3.05) is 0 Å². The molecule has 17 heavy (non-hydrogen) atoms. The van der Waals surface area contributed by atoms with Crippen LogP contribution >= 0.6 is 22.6 Å². The Morgan fingerprint density at radius 3 is 2.59 bits per heavy atom. The van der Waals surface area contributed by atoms with E-state index in [1.165, 1.54) is 5.69 Å². The van der Waals surface area contributed by atoms with E-state index >= 15 is 0 Å². The molecule has 0 saturated heterocycles. The van der Waals surface area contributed by atoms with Crippen molar-refractivity contribution < 1.29 is 4.39 Å². The molecule has 4 atom stereocenters. The summed E-state index contributed by atoms with van der Waals surface area (Å²) in [6, 6.07) is 2.57. The standard InChI is InChI=1S/C13H18FIN2/c1-7(2)17-10(4-11(15)16-17)12-8-5-13(3,14)6-9(8)12/h4,7-9,12H,5-6H2,1-3H3/t8-,9+,12?,13?. The van der Waals surface area contributed by atoms with Crippen molar-refractivity contribution in [1.29, 1.82) is 0 Å². The Kier molecular flexibility index (Phi) is 2.58. The predicted molar refractivity (Wildman–Crippen MR) is 73.8 cm³/mol. The molecule has 0 bridgehead atoms. The average Bonchev–Trinajstić information content (AvgIpc) is 2.57. The largest absolute Gasteiger partial charge is 0.266 e. The number of nitrogens with zero attached hydrogens (tertiary/aromatic N) is 2. The maximum atomic E-state index is 13.8. The van der Waals surface area contributed by atoms with Crippen LogP contribution in [-0.4, -0.2) is 15.4 Å². The van der Waals surface area contributed by atoms with Crippen molar-refractivity contribution in [3.63, 3.8) is 0 Å². The van der Waals surface area contributed by atoms with Gasteiger partial charge in [-0.25, -0.2) is 4.39 Å². The van der Waals surface area contributed by atoms with E-state index in [4.69, 9.17) is 0 Å². The van der Waals surface area contributed by atoms with E-state index in [0.717, 1.165) is 16.5 Å². The fourth-order valence-electron chi connectivity index (χ4n) is 3.55. The molecular weight excluding hydrogens is 330 g/mol. The molecular formula is C13H18FIN2. The van der Waals surface area contributed by atoms with Gasteiger partial charge in [-0.3, -0.25) is 4.68 Å². The van der Waals surface area contributed by atoms with Crippen LogP contribution in [0.3, 0.4) is 0 Å². The van der Waals surface area contributed by atoms with Crippen LogP contribution in [0.1, 0.15) is 51.3 Å². The summed E-state index contributed by atoms with van der Waals surface area (Å²) in [6.45, 7) is 6.06. The van der Waals surface area contributed by atoms with Gasteiger partial charge in [0.2, 0.25) is 0 Å². The van der Waals surface area contributed by atoms with E-state index in [0.29, 0.717) is 23.8 Å². The Morgan fingerprint density at radius 2 is 2.06 bits per heavy atom. The van der Waals surface area contributed by atoms with Crippen molar-refractivity contribution in [2.45, 2.75) is 51.2 Å². The monoisotopic (exact) mass is 348 g/mol. The van der Waals surface area contributed by atoms with Crippen LogP contribution in [0, 0.1) is 15.5 Å². The molecule has 0 aliphatic heterocycles. The number of hydrogen-bond donors (Lipinski definition) is 0. The second kappa shape index (κ2) is 3.68. The fraction of sp³-hybridized carbons (Fsp3) is 0.769. The van der Waals surface area contributed by atoms with E-state index in [2.05, 4.69) is 52.3 Å². The summed E-state index contributed by atoms with van der Waals surface area (Å²) in [6.07, 6.45) is 1.48. The summed E-state index contributed by atoms with van der Waals surface area (Å²) in [5.74, 6) is 1.70. The fourth-order valence-corrected chi connectivity index (χ4v) is 4.10. The molecule has 1 heterocycles. The SMILES string of the molecule is CC(C)n1nc(I)cc1C1[C@H]2CC(C)(F)C[C@@H]12. The van der Waals surface area contributed by atoms with Gasteiger partial charge in [-0.05, 0) is 74.1 Å². The molecule has 1 aromatic heterocycles. The van der Waals surface area contributed by atoms with Crippen LogP contribution in [0.25, 0.3) is 0 Å². The highest BCUT2D eigenvalue weighted by atomic mass is 127. The lowest BCUT2D eigenvalue weighted by molar-refractivity contribution is 0.174. The smallest absolute Gasteiger partial charge is 0.123 e. The zero-order chi connectivity index (χ0) is 12.4. The molecule has 0 N–H and O–H groups in total. The molecule has 0 spiro atoms. The van der Waals surface area contributed by atoms with Crippen molar-refractivity contribution >= 4 is 22.6 Å². The number of halogens is 2. The van der Waals surface area contributed by atoms with Crippen molar-refractivity contribution in [3.05, 3.63) is 15.5 Å². The number of alkyl halides is 1. The average molecular weight is 348 g/mol. The van der Waals surface area contributed by atoms with E-state index in [9.17, 15) is 4.39 Å². The van der Waals surface area contributed by atoms with Gasteiger partial charge in [0.25, 0.3) is 0 Å². The molecule has 2 nitrogen and oxygen atoms in total. The molecule has 1 aromatic rings. The maximum Gasteiger partial charge on any atom is 0.123 e. The number of fused-ring (bicyclic) bond motifs is 1. The molecule has 94 valence electrons. The van der Waals surface area contributed by atoms with Gasteiger partial charge >= 0.3 is 0 Å². The first-order chi connectivity index (χ1) is 7.89. The maximum absolute atomic E-state index is 13.8. The van der Waals surface area contributed by atoms with Gasteiger partial charge in [-0.15, -0.1) is 0 Å². The third-order valence-electron chi connectivity index (χ3n) is 4.22. The van der Waals surface area contributed by atoms with Gasteiger partial charge in [0.15, 0.2) is 0 Å². The van der Waals surface area contributed by atoms with E-state index < -0.39 is 5.67 Å². The Hall–Kier alpha value is -0.130. The van der Waals surface area contributed by atoms with E-state index in [1.807, 2.05) is 0 Å². The molecule has 2 saturated carbocycles. The number of hydrogen-bond acceptors (Lipinski definition) is 1. The summed E-state index contributed by atoms with van der Waals surface area (Å²) in [5, 5.41) is 4.54. The summed E-state index contributed by atoms with van der Waals surface area (Å²) in [4.78, 5) is 0. The van der Waals surface area contributed by atoms with Crippen molar-refractivity contribution in [1.82, 2.24) is 9.78 Å². The minimum absolute atomic E-state index is 0.395. The van der Waals surface area contributed by atoms with Crippen molar-refractivity contribution in [3.8, 4) is 0 Å². The van der Waals surface area contributed by atoms with Crippen molar-refractivity contribution in [2.24, 2.45) is 11.8 Å². The van der Waals surface area contributed by atoms with Gasteiger partial charge < -0.3 is 0 Å². The molecule has 0 aromatic carbocycles. The number of aromatic nitrogens is 2.